The number of nitriles is 1. The Kier molecular flexibility index (Phi) is 8.56. The Morgan fingerprint density at radius 1 is 1.22 bits per heavy atom. The monoisotopic (exact) mass is 622 g/mol. The first-order valence-electron chi connectivity index (χ1n) is 9.33. The van der Waals surface area contributed by atoms with Gasteiger partial charge in [-0.1, -0.05) is 29.8 Å². The molecule has 0 aromatic heterocycles. The Labute approximate surface area is 213 Å². The minimum atomic E-state index is -0.493. The van der Waals surface area contributed by atoms with E-state index in [4.69, 9.17) is 21.1 Å². The van der Waals surface area contributed by atoms with E-state index in [1.54, 1.807) is 30.3 Å². The molecule has 0 aliphatic carbocycles. The SMILES string of the molecule is COc1cc(/C=C(\C#N)C(=O)Nc2cccc(I)c2)cc(Br)c1OCc1ccc(Cl)cc1. The molecule has 1 amide bonds. The van der Waals surface area contributed by atoms with E-state index in [0.29, 0.717) is 38.9 Å². The zero-order valence-corrected chi connectivity index (χ0v) is 21.4. The molecule has 162 valence electrons. The Hall–Kier alpha value is -2.54. The molecule has 0 aliphatic rings. The van der Waals surface area contributed by atoms with Gasteiger partial charge < -0.3 is 14.8 Å². The molecule has 3 rings (SSSR count). The van der Waals surface area contributed by atoms with Crippen LogP contribution < -0.4 is 14.8 Å². The Morgan fingerprint density at radius 2 is 1.97 bits per heavy atom. The summed E-state index contributed by atoms with van der Waals surface area (Å²) in [4.78, 5) is 12.6. The molecule has 0 heterocycles. The van der Waals surface area contributed by atoms with E-state index in [0.717, 1.165) is 9.13 Å². The fourth-order valence-electron chi connectivity index (χ4n) is 2.78. The van der Waals surface area contributed by atoms with Crippen LogP contribution in [0.15, 0.2) is 70.7 Å². The number of hydrogen-bond acceptors (Lipinski definition) is 4. The van der Waals surface area contributed by atoms with Crippen LogP contribution in [0.1, 0.15) is 11.1 Å². The lowest BCUT2D eigenvalue weighted by Gasteiger charge is -2.14. The number of carbonyl (C=O) groups is 1. The summed E-state index contributed by atoms with van der Waals surface area (Å²) in [5, 5.41) is 12.9. The lowest BCUT2D eigenvalue weighted by Crippen LogP contribution is -2.13. The van der Waals surface area contributed by atoms with Crippen molar-refractivity contribution in [3.63, 3.8) is 0 Å². The zero-order chi connectivity index (χ0) is 23.1. The summed E-state index contributed by atoms with van der Waals surface area (Å²) in [7, 11) is 1.53. The molecule has 0 unspecified atom stereocenters. The Morgan fingerprint density at radius 3 is 2.62 bits per heavy atom. The highest BCUT2D eigenvalue weighted by Crippen LogP contribution is 2.38. The summed E-state index contributed by atoms with van der Waals surface area (Å²) in [6.45, 7) is 0.322. The fraction of sp³-hybridized carbons (Fsp3) is 0.0833. The van der Waals surface area contributed by atoms with E-state index in [-0.39, 0.29) is 5.57 Å². The van der Waals surface area contributed by atoms with Gasteiger partial charge in [0, 0.05) is 14.3 Å². The molecule has 0 atom stereocenters. The topological polar surface area (TPSA) is 71.3 Å². The van der Waals surface area contributed by atoms with Crippen LogP contribution in [0.3, 0.4) is 0 Å². The van der Waals surface area contributed by atoms with Crippen LogP contribution in [-0.4, -0.2) is 13.0 Å². The van der Waals surface area contributed by atoms with Crippen molar-refractivity contribution in [2.75, 3.05) is 12.4 Å². The largest absolute Gasteiger partial charge is 0.493 e. The van der Waals surface area contributed by atoms with Gasteiger partial charge in [-0.15, -0.1) is 0 Å². The molecule has 0 saturated heterocycles. The van der Waals surface area contributed by atoms with Gasteiger partial charge in [0.1, 0.15) is 18.2 Å². The number of methoxy groups -OCH3 is 1. The molecule has 8 heteroatoms. The maximum Gasteiger partial charge on any atom is 0.266 e. The summed E-state index contributed by atoms with van der Waals surface area (Å²) in [6, 6.07) is 20.1. The van der Waals surface area contributed by atoms with E-state index < -0.39 is 5.91 Å². The minimum Gasteiger partial charge on any atom is -0.493 e. The van der Waals surface area contributed by atoms with Gasteiger partial charge in [-0.3, -0.25) is 4.79 Å². The van der Waals surface area contributed by atoms with Crippen molar-refractivity contribution in [2.24, 2.45) is 0 Å². The van der Waals surface area contributed by atoms with Gasteiger partial charge >= 0.3 is 0 Å². The van der Waals surface area contributed by atoms with Crippen LogP contribution in [0.25, 0.3) is 6.08 Å². The lowest BCUT2D eigenvalue weighted by molar-refractivity contribution is -0.112. The van der Waals surface area contributed by atoms with Crippen LogP contribution in [0.5, 0.6) is 11.5 Å². The fourth-order valence-corrected chi connectivity index (χ4v) is 4.02. The normalized spacial score (nSPS) is 10.9. The molecule has 0 radical (unpaired) electrons. The molecule has 0 spiro atoms. The number of halogens is 3. The van der Waals surface area contributed by atoms with E-state index in [1.165, 1.54) is 13.2 Å². The average molecular weight is 624 g/mol. The van der Waals surface area contributed by atoms with Crippen molar-refractivity contribution in [2.45, 2.75) is 6.61 Å². The molecule has 1 N–H and O–H groups in total. The minimum absolute atomic E-state index is 0.0346. The zero-order valence-electron chi connectivity index (χ0n) is 16.9. The predicted molar refractivity (Wildman–Crippen MR) is 138 cm³/mol. The highest BCUT2D eigenvalue weighted by atomic mass is 127. The van der Waals surface area contributed by atoms with E-state index in [1.807, 2.05) is 36.4 Å². The number of carbonyl (C=O) groups excluding carboxylic acids is 1. The first kappa shape index (κ1) is 24.1. The van der Waals surface area contributed by atoms with Crippen molar-refractivity contribution in [1.82, 2.24) is 0 Å². The molecule has 32 heavy (non-hydrogen) atoms. The molecule has 3 aromatic carbocycles. The van der Waals surface area contributed by atoms with E-state index in [9.17, 15) is 10.1 Å². The Balaban J connectivity index is 1.81. The maximum atomic E-state index is 12.6. The summed E-state index contributed by atoms with van der Waals surface area (Å²) in [5.74, 6) is 0.490. The molecule has 3 aromatic rings. The number of amides is 1. The van der Waals surface area contributed by atoms with Crippen molar-refractivity contribution in [3.05, 3.63) is 90.4 Å². The Bertz CT molecular complexity index is 1210. The molecule has 0 aliphatic heterocycles. The third-order valence-electron chi connectivity index (χ3n) is 4.31. The van der Waals surface area contributed by atoms with Crippen molar-refractivity contribution < 1.29 is 14.3 Å². The first-order valence-corrected chi connectivity index (χ1v) is 11.6. The summed E-state index contributed by atoms with van der Waals surface area (Å²) >= 11 is 11.6. The van der Waals surface area contributed by atoms with Gasteiger partial charge in [0.2, 0.25) is 0 Å². The third-order valence-corrected chi connectivity index (χ3v) is 5.82. The number of nitrogens with zero attached hydrogens (tertiary/aromatic N) is 1. The van der Waals surface area contributed by atoms with E-state index in [2.05, 4.69) is 43.8 Å². The summed E-state index contributed by atoms with van der Waals surface area (Å²) < 4.78 is 13.0. The van der Waals surface area contributed by atoms with Gasteiger partial charge in [0.15, 0.2) is 11.5 Å². The van der Waals surface area contributed by atoms with Gasteiger partial charge in [-0.2, -0.15) is 5.26 Å². The van der Waals surface area contributed by atoms with Gasteiger partial charge in [0.05, 0.1) is 11.6 Å². The molecular formula is C24H17BrClIN2O3. The second-order valence-corrected chi connectivity index (χ2v) is 9.12. The highest BCUT2D eigenvalue weighted by molar-refractivity contribution is 14.1. The molecular weight excluding hydrogens is 607 g/mol. The summed E-state index contributed by atoms with van der Waals surface area (Å²) in [6.07, 6.45) is 1.50. The number of ether oxygens (including phenoxy) is 2. The quantitative estimate of drug-likeness (QED) is 0.178. The lowest BCUT2D eigenvalue weighted by atomic mass is 10.1. The predicted octanol–water partition coefficient (Wildman–Crippen LogP) is 6.84. The van der Waals surface area contributed by atoms with Crippen molar-refractivity contribution in [3.8, 4) is 17.6 Å². The van der Waals surface area contributed by atoms with E-state index >= 15 is 0 Å². The average Bonchev–Trinajstić information content (AvgIpc) is 2.77. The number of hydrogen-bond donors (Lipinski definition) is 1. The standard InChI is InChI=1S/C24H17BrClIN2O3/c1-31-22-11-16(9-17(13-28)24(30)29-20-4-2-3-19(27)12-20)10-21(25)23(22)32-14-15-5-7-18(26)8-6-15/h2-12H,14H2,1H3,(H,29,30)/b17-9+. The highest BCUT2D eigenvalue weighted by Gasteiger charge is 2.14. The summed E-state index contributed by atoms with van der Waals surface area (Å²) in [5.41, 5.74) is 2.15. The van der Waals surface area contributed by atoms with Crippen LogP contribution in [0.4, 0.5) is 5.69 Å². The van der Waals surface area contributed by atoms with Crippen LogP contribution in [0, 0.1) is 14.9 Å². The molecule has 5 nitrogen and oxygen atoms in total. The molecule has 0 bridgehead atoms. The van der Waals surface area contributed by atoms with Gasteiger partial charge in [0.25, 0.3) is 5.91 Å². The van der Waals surface area contributed by atoms with Crippen molar-refractivity contribution >= 4 is 67.8 Å². The first-order chi connectivity index (χ1) is 15.4. The number of benzene rings is 3. The number of anilines is 1. The van der Waals surface area contributed by atoms with Crippen LogP contribution in [-0.2, 0) is 11.4 Å². The molecule has 0 fully saturated rings. The second kappa shape index (κ2) is 11.4. The third kappa shape index (κ3) is 6.48. The second-order valence-electron chi connectivity index (χ2n) is 6.58. The van der Waals surface area contributed by atoms with Gasteiger partial charge in [-0.05, 0) is 98.2 Å². The smallest absolute Gasteiger partial charge is 0.266 e. The van der Waals surface area contributed by atoms with Crippen LogP contribution >= 0.6 is 50.1 Å². The van der Waals surface area contributed by atoms with Crippen molar-refractivity contribution in [1.29, 1.82) is 5.26 Å². The maximum absolute atomic E-state index is 12.6. The number of nitrogens with one attached hydrogen (secondary N) is 1. The van der Waals surface area contributed by atoms with Gasteiger partial charge in [-0.25, -0.2) is 0 Å². The molecule has 0 saturated carbocycles. The van der Waals surface area contributed by atoms with Crippen LogP contribution in [0.2, 0.25) is 5.02 Å². The number of rotatable bonds is 7.